The monoisotopic (exact) mass is 562 g/mol. The highest BCUT2D eigenvalue weighted by Crippen LogP contribution is 2.39. The lowest BCUT2D eigenvalue weighted by Crippen LogP contribution is -2.17. The molecule has 0 N–H and O–H groups in total. The van der Waals surface area contributed by atoms with E-state index in [0.717, 1.165) is 16.9 Å². The van der Waals surface area contributed by atoms with Crippen LogP contribution in [0.4, 0.5) is 0 Å². The van der Waals surface area contributed by atoms with Gasteiger partial charge in [-0.3, -0.25) is 0 Å². The van der Waals surface area contributed by atoms with Crippen LogP contribution in [0.5, 0.6) is 0 Å². The smallest absolute Gasteiger partial charge is 0.333 e. The van der Waals surface area contributed by atoms with Gasteiger partial charge in [0.2, 0.25) is 0 Å². The number of benzene rings is 4. The standard InChI is InChI=1S/C39H46O3/c1-5-6-7-8-28-9-11-29(12-10-28)30-13-14-32-22-33(16-15-31(32)21-30)34-17-18-36-24-37(20-19-35(36)23-34)38(25-41-4)26-42-39(40)27(2)3/h13-24,28-29,38H,2,5-12,25-26H2,1,3-4H3. The van der Waals surface area contributed by atoms with Crippen LogP contribution in [0.15, 0.2) is 84.9 Å². The number of unbranched alkanes of at least 4 members (excludes halogenated alkanes) is 2. The van der Waals surface area contributed by atoms with E-state index in [0.29, 0.717) is 18.1 Å². The minimum atomic E-state index is -0.367. The van der Waals surface area contributed by atoms with Crippen molar-refractivity contribution in [1.29, 1.82) is 0 Å². The van der Waals surface area contributed by atoms with E-state index < -0.39 is 0 Å². The van der Waals surface area contributed by atoms with Crippen LogP contribution in [0.2, 0.25) is 0 Å². The highest BCUT2D eigenvalue weighted by molar-refractivity contribution is 5.92. The summed E-state index contributed by atoms with van der Waals surface area (Å²) in [6.45, 7) is 8.38. The van der Waals surface area contributed by atoms with Crippen LogP contribution >= 0.6 is 0 Å². The van der Waals surface area contributed by atoms with Crippen LogP contribution in [-0.4, -0.2) is 26.3 Å². The largest absolute Gasteiger partial charge is 0.462 e. The van der Waals surface area contributed by atoms with Crippen molar-refractivity contribution in [3.63, 3.8) is 0 Å². The van der Waals surface area contributed by atoms with Gasteiger partial charge in [-0.1, -0.05) is 99.8 Å². The van der Waals surface area contributed by atoms with Gasteiger partial charge in [0.25, 0.3) is 0 Å². The molecule has 5 rings (SSSR count). The second-order valence-corrected chi connectivity index (χ2v) is 12.4. The SMILES string of the molecule is C=C(C)C(=O)OCC(COC)c1ccc2cc(-c3ccc4cc(C5CCC(CCCCC)CC5)ccc4c3)ccc2c1. The van der Waals surface area contributed by atoms with E-state index in [2.05, 4.69) is 86.3 Å². The zero-order valence-electron chi connectivity index (χ0n) is 25.7. The molecule has 1 unspecified atom stereocenters. The zero-order chi connectivity index (χ0) is 29.5. The molecule has 1 aliphatic carbocycles. The van der Waals surface area contributed by atoms with Crippen molar-refractivity contribution in [3.8, 4) is 11.1 Å². The second kappa shape index (κ2) is 14.2. The van der Waals surface area contributed by atoms with Crippen molar-refractivity contribution in [3.05, 3.63) is 96.1 Å². The molecule has 0 bridgehead atoms. The molecule has 0 spiro atoms. The van der Waals surface area contributed by atoms with Gasteiger partial charge in [0.15, 0.2) is 0 Å². The first kappa shape index (κ1) is 30.0. The fourth-order valence-corrected chi connectivity index (χ4v) is 6.60. The zero-order valence-corrected chi connectivity index (χ0v) is 25.7. The van der Waals surface area contributed by atoms with E-state index in [1.54, 1.807) is 14.0 Å². The van der Waals surface area contributed by atoms with E-state index in [9.17, 15) is 4.79 Å². The van der Waals surface area contributed by atoms with Crippen LogP contribution in [0.25, 0.3) is 32.7 Å². The molecule has 0 saturated heterocycles. The predicted octanol–water partition coefficient (Wildman–Crippen LogP) is 10.4. The average molecular weight is 563 g/mol. The molecule has 0 radical (unpaired) electrons. The lowest BCUT2D eigenvalue weighted by Gasteiger charge is -2.29. The third-order valence-corrected chi connectivity index (χ3v) is 9.20. The van der Waals surface area contributed by atoms with Crippen molar-refractivity contribution in [1.82, 2.24) is 0 Å². The molecule has 4 aromatic rings. The molecule has 4 aromatic carbocycles. The summed E-state index contributed by atoms with van der Waals surface area (Å²) in [5, 5.41) is 4.98. The number of rotatable bonds is 12. The molecular formula is C39H46O3. The maximum atomic E-state index is 11.9. The van der Waals surface area contributed by atoms with Crippen LogP contribution in [0, 0.1) is 5.92 Å². The quantitative estimate of drug-likeness (QED) is 0.0979. The summed E-state index contributed by atoms with van der Waals surface area (Å²) >= 11 is 0. The Labute approximate surface area is 251 Å². The van der Waals surface area contributed by atoms with Gasteiger partial charge in [-0.15, -0.1) is 0 Å². The number of hydrogen-bond donors (Lipinski definition) is 0. The highest BCUT2D eigenvalue weighted by atomic mass is 16.5. The van der Waals surface area contributed by atoms with Crippen molar-refractivity contribution in [2.75, 3.05) is 20.3 Å². The minimum Gasteiger partial charge on any atom is -0.462 e. The van der Waals surface area contributed by atoms with Gasteiger partial charge in [-0.25, -0.2) is 4.79 Å². The Morgan fingerprint density at radius 1 is 0.810 bits per heavy atom. The van der Waals surface area contributed by atoms with E-state index in [-0.39, 0.29) is 18.5 Å². The molecule has 220 valence electrons. The first-order valence-corrected chi connectivity index (χ1v) is 15.8. The highest BCUT2D eigenvalue weighted by Gasteiger charge is 2.22. The molecule has 1 atom stereocenters. The predicted molar refractivity (Wildman–Crippen MR) is 176 cm³/mol. The molecule has 1 saturated carbocycles. The minimum absolute atomic E-state index is 0.0337. The molecule has 0 heterocycles. The van der Waals surface area contributed by atoms with Crippen LogP contribution < -0.4 is 0 Å². The lowest BCUT2D eigenvalue weighted by molar-refractivity contribution is -0.139. The summed E-state index contributed by atoms with van der Waals surface area (Å²) in [7, 11) is 1.67. The average Bonchev–Trinajstić information content (AvgIpc) is 3.02. The van der Waals surface area contributed by atoms with E-state index in [1.807, 2.05) is 0 Å². The van der Waals surface area contributed by atoms with Gasteiger partial charge in [0.1, 0.15) is 6.61 Å². The normalized spacial score (nSPS) is 17.8. The van der Waals surface area contributed by atoms with Crippen molar-refractivity contribution < 1.29 is 14.3 Å². The molecule has 1 aliphatic rings. The molecule has 0 amide bonds. The Kier molecular flexibility index (Phi) is 10.1. The molecule has 42 heavy (non-hydrogen) atoms. The number of hydrogen-bond acceptors (Lipinski definition) is 3. The number of carbonyl (C=O) groups is 1. The maximum absolute atomic E-state index is 11.9. The molecule has 0 aliphatic heterocycles. The van der Waals surface area contributed by atoms with Gasteiger partial charge in [0, 0.05) is 18.6 Å². The lowest BCUT2D eigenvalue weighted by atomic mass is 9.76. The summed E-state index contributed by atoms with van der Waals surface area (Å²) in [5.41, 5.74) is 5.47. The summed E-state index contributed by atoms with van der Waals surface area (Å²) in [6, 6.07) is 27.1. The second-order valence-electron chi connectivity index (χ2n) is 12.4. The summed E-state index contributed by atoms with van der Waals surface area (Å²) < 4.78 is 10.9. The Balaban J connectivity index is 1.28. The van der Waals surface area contributed by atoms with Gasteiger partial charge in [-0.2, -0.15) is 0 Å². The number of esters is 1. The number of fused-ring (bicyclic) bond motifs is 2. The summed E-state index contributed by atoms with van der Waals surface area (Å²) in [5.74, 6) is 1.26. The fourth-order valence-electron chi connectivity index (χ4n) is 6.60. The van der Waals surface area contributed by atoms with Crippen molar-refractivity contribution >= 4 is 27.5 Å². The summed E-state index contributed by atoms with van der Waals surface area (Å²) in [4.78, 5) is 11.9. The first-order valence-electron chi connectivity index (χ1n) is 15.8. The van der Waals surface area contributed by atoms with Gasteiger partial charge < -0.3 is 9.47 Å². The number of carbonyl (C=O) groups excluding carboxylic acids is 1. The van der Waals surface area contributed by atoms with Crippen molar-refractivity contribution in [2.24, 2.45) is 5.92 Å². The number of ether oxygens (including phenoxy) is 2. The van der Waals surface area contributed by atoms with Crippen LogP contribution in [-0.2, 0) is 14.3 Å². The topological polar surface area (TPSA) is 35.5 Å². The van der Waals surface area contributed by atoms with Gasteiger partial charge >= 0.3 is 5.97 Å². The van der Waals surface area contributed by atoms with E-state index >= 15 is 0 Å². The molecule has 3 heteroatoms. The molecule has 1 fully saturated rings. The molecule has 0 aromatic heterocycles. The Bertz CT molecular complexity index is 1530. The van der Waals surface area contributed by atoms with Crippen molar-refractivity contribution in [2.45, 2.75) is 77.0 Å². The van der Waals surface area contributed by atoms with Crippen LogP contribution in [0.3, 0.4) is 0 Å². The molecular weight excluding hydrogens is 516 g/mol. The Morgan fingerprint density at radius 3 is 2.07 bits per heavy atom. The Morgan fingerprint density at radius 2 is 1.43 bits per heavy atom. The van der Waals surface area contributed by atoms with Gasteiger partial charge in [-0.05, 0) is 100 Å². The third-order valence-electron chi connectivity index (χ3n) is 9.20. The van der Waals surface area contributed by atoms with E-state index in [1.165, 1.54) is 84.2 Å². The van der Waals surface area contributed by atoms with Crippen LogP contribution in [0.1, 0.15) is 88.2 Å². The Hall–Kier alpha value is -3.43. The van der Waals surface area contributed by atoms with Gasteiger partial charge in [0.05, 0.1) is 6.61 Å². The third kappa shape index (κ3) is 7.31. The number of methoxy groups -OCH3 is 1. The molecule has 3 nitrogen and oxygen atoms in total. The first-order chi connectivity index (χ1) is 20.4. The maximum Gasteiger partial charge on any atom is 0.333 e. The van der Waals surface area contributed by atoms with E-state index in [4.69, 9.17) is 9.47 Å². The summed E-state index contributed by atoms with van der Waals surface area (Å²) in [6.07, 6.45) is 11.0. The fraction of sp³-hybridized carbons (Fsp3) is 0.410.